The number of nitrogens with one attached hydrogen (secondary N) is 1. The van der Waals surface area contributed by atoms with Crippen molar-refractivity contribution in [3.63, 3.8) is 0 Å². The Morgan fingerprint density at radius 1 is 1.17 bits per heavy atom. The summed E-state index contributed by atoms with van der Waals surface area (Å²) in [7, 11) is 3.03. The number of aryl methyl sites for hydroxylation is 1. The second-order valence-electron chi connectivity index (χ2n) is 8.55. The minimum absolute atomic E-state index is 0.0633. The fourth-order valence-electron chi connectivity index (χ4n) is 3.81. The van der Waals surface area contributed by atoms with Gasteiger partial charge in [-0.3, -0.25) is 4.90 Å². The highest BCUT2D eigenvalue weighted by Gasteiger charge is 2.20. The number of carbonyl (C=O) groups is 1. The molecule has 0 saturated carbocycles. The highest BCUT2D eigenvalue weighted by atomic mass is 19.1. The van der Waals surface area contributed by atoms with Gasteiger partial charge in [-0.05, 0) is 45.7 Å². The van der Waals surface area contributed by atoms with Crippen LogP contribution in [0.3, 0.4) is 0 Å². The van der Waals surface area contributed by atoms with Gasteiger partial charge in [0.25, 0.3) is 0 Å². The van der Waals surface area contributed by atoms with Gasteiger partial charge in [0.2, 0.25) is 0 Å². The van der Waals surface area contributed by atoms with Crippen LogP contribution in [-0.2, 0) is 4.74 Å². The number of methoxy groups -OCH3 is 1. The van der Waals surface area contributed by atoms with E-state index < -0.39 is 11.9 Å². The van der Waals surface area contributed by atoms with Crippen LogP contribution >= 0.6 is 0 Å². The molecule has 2 aromatic rings. The molecule has 1 amide bonds. The molecule has 35 heavy (non-hydrogen) atoms. The van der Waals surface area contributed by atoms with Crippen molar-refractivity contribution in [1.82, 2.24) is 14.9 Å². The van der Waals surface area contributed by atoms with Gasteiger partial charge < -0.3 is 24.4 Å². The number of amides is 1. The highest BCUT2D eigenvalue weighted by Crippen LogP contribution is 2.31. The number of halogens is 1. The maximum absolute atomic E-state index is 14.8. The molecule has 3 heterocycles. The molecule has 0 aromatic carbocycles. The van der Waals surface area contributed by atoms with Crippen LogP contribution in [0, 0.1) is 12.7 Å². The maximum atomic E-state index is 14.8. The van der Waals surface area contributed by atoms with E-state index in [0.29, 0.717) is 29.7 Å². The molecule has 1 aliphatic rings. The third-order valence-electron chi connectivity index (χ3n) is 5.85. The zero-order valence-corrected chi connectivity index (χ0v) is 21.1. The molecule has 0 bridgehead atoms. The monoisotopic (exact) mass is 489 g/mol. The van der Waals surface area contributed by atoms with Crippen LogP contribution in [0.5, 0.6) is 11.5 Å². The van der Waals surface area contributed by atoms with Gasteiger partial charge in [0, 0.05) is 25.7 Å². The average molecular weight is 490 g/mol. The van der Waals surface area contributed by atoms with Gasteiger partial charge in [-0.2, -0.15) is 0 Å². The molecule has 9 nitrogen and oxygen atoms in total. The molecule has 1 aliphatic heterocycles. The Hall–Kier alpha value is -3.14. The lowest BCUT2D eigenvalue weighted by atomic mass is 10.2. The summed E-state index contributed by atoms with van der Waals surface area (Å²) in [6, 6.07) is 3.17. The number of pyridine rings is 2. The zero-order valence-electron chi connectivity index (χ0n) is 21.1. The van der Waals surface area contributed by atoms with Crippen LogP contribution in [0.1, 0.15) is 44.7 Å². The first-order chi connectivity index (χ1) is 16.9. The summed E-state index contributed by atoms with van der Waals surface area (Å²) in [5, 5.41) is 3.07. The van der Waals surface area contributed by atoms with E-state index in [-0.39, 0.29) is 18.0 Å². The van der Waals surface area contributed by atoms with Crippen molar-refractivity contribution in [2.45, 2.75) is 46.0 Å². The van der Waals surface area contributed by atoms with Gasteiger partial charge in [-0.25, -0.2) is 19.2 Å². The van der Waals surface area contributed by atoms with E-state index in [1.165, 1.54) is 32.9 Å². The lowest BCUT2D eigenvalue weighted by molar-refractivity contribution is 0.153. The Morgan fingerprint density at radius 3 is 2.66 bits per heavy atom. The van der Waals surface area contributed by atoms with E-state index in [2.05, 4.69) is 20.2 Å². The van der Waals surface area contributed by atoms with E-state index in [1.54, 1.807) is 19.4 Å². The molecular formula is C25H36FN5O4. The first-order valence-electron chi connectivity index (χ1n) is 12.2. The Kier molecular flexibility index (Phi) is 9.89. The Balaban J connectivity index is 1.69. The van der Waals surface area contributed by atoms with Crippen LogP contribution in [0.4, 0.5) is 26.5 Å². The van der Waals surface area contributed by atoms with Gasteiger partial charge in [-0.1, -0.05) is 13.3 Å². The second-order valence-corrected chi connectivity index (χ2v) is 8.55. The van der Waals surface area contributed by atoms with Crippen molar-refractivity contribution >= 4 is 23.4 Å². The molecule has 0 radical (unpaired) electrons. The molecular weight excluding hydrogens is 453 g/mol. The van der Waals surface area contributed by atoms with Crippen molar-refractivity contribution in [1.29, 1.82) is 0 Å². The number of ether oxygens (including phenoxy) is 3. The van der Waals surface area contributed by atoms with Crippen LogP contribution < -0.4 is 19.7 Å². The molecule has 0 unspecified atom stereocenters. The summed E-state index contributed by atoms with van der Waals surface area (Å²) in [6.07, 6.45) is 6.03. The summed E-state index contributed by atoms with van der Waals surface area (Å²) >= 11 is 0. The molecule has 10 heteroatoms. The Labute approximate surface area is 206 Å². The number of unbranched alkanes of at least 4 members (excludes halogenated alkanes) is 1. The zero-order chi connectivity index (χ0) is 25.2. The topological polar surface area (TPSA) is 89.0 Å². The number of hydrogen-bond acceptors (Lipinski definition) is 8. The van der Waals surface area contributed by atoms with Crippen molar-refractivity contribution in [3.05, 3.63) is 29.8 Å². The minimum atomic E-state index is -0.624. The highest BCUT2D eigenvalue weighted by molar-refractivity contribution is 5.88. The smallest absolute Gasteiger partial charge is 0.414 e. The quantitative estimate of drug-likeness (QED) is 0.421. The molecule has 2 aromatic heterocycles. The van der Waals surface area contributed by atoms with Crippen LogP contribution in [-0.4, -0.2) is 68.0 Å². The third kappa shape index (κ3) is 7.42. The van der Waals surface area contributed by atoms with E-state index in [0.717, 1.165) is 43.8 Å². The molecule has 1 saturated heterocycles. The minimum Gasteiger partial charge on any atom is -0.491 e. The standard InChI is InChI=1S/C25H36FN5O4/c1-5-6-13-35-25(32)30(3)19-15-23(28-18(2)24(19)26)29-22-16-20(21(33-4)17-27-22)34-14-9-12-31-10-7-8-11-31/h15-17H,5-14H2,1-4H3,(H,27,28,29). The average Bonchev–Trinajstić information content (AvgIpc) is 3.37. The van der Waals surface area contributed by atoms with Gasteiger partial charge in [0.05, 0.1) is 37.9 Å². The molecule has 192 valence electrons. The second kappa shape index (κ2) is 13.1. The van der Waals surface area contributed by atoms with E-state index in [9.17, 15) is 9.18 Å². The summed E-state index contributed by atoms with van der Waals surface area (Å²) < 4.78 is 31.3. The number of anilines is 3. The predicted molar refractivity (Wildman–Crippen MR) is 133 cm³/mol. The SMILES string of the molecule is CCCCOC(=O)N(C)c1cc(Nc2cc(OCCCN3CCCC3)c(OC)cn2)nc(C)c1F. The Bertz CT molecular complexity index is 985. The van der Waals surface area contributed by atoms with Crippen molar-refractivity contribution in [2.24, 2.45) is 0 Å². The van der Waals surface area contributed by atoms with E-state index in [1.807, 2.05) is 6.92 Å². The number of likely N-dealkylation sites (tertiary alicyclic amines) is 1. The summed E-state index contributed by atoms with van der Waals surface area (Å²) in [4.78, 5) is 24.5. The van der Waals surface area contributed by atoms with Gasteiger partial charge >= 0.3 is 6.09 Å². The number of carbonyl (C=O) groups excluding carboxylic acids is 1. The van der Waals surface area contributed by atoms with Gasteiger partial charge in [0.15, 0.2) is 17.3 Å². The molecule has 3 rings (SSSR count). The number of nitrogens with zero attached hydrogens (tertiary/aromatic N) is 4. The largest absolute Gasteiger partial charge is 0.491 e. The molecule has 0 atom stereocenters. The number of aromatic nitrogens is 2. The number of rotatable bonds is 12. The predicted octanol–water partition coefficient (Wildman–Crippen LogP) is 4.91. The van der Waals surface area contributed by atoms with E-state index in [4.69, 9.17) is 14.2 Å². The summed E-state index contributed by atoms with van der Waals surface area (Å²) in [6.45, 7) is 7.70. The molecule has 0 spiro atoms. The lowest BCUT2D eigenvalue weighted by Crippen LogP contribution is -2.28. The van der Waals surface area contributed by atoms with Gasteiger partial charge in [0.1, 0.15) is 11.6 Å². The third-order valence-corrected chi connectivity index (χ3v) is 5.85. The fraction of sp³-hybridized carbons (Fsp3) is 0.560. The normalized spacial score (nSPS) is 13.5. The first kappa shape index (κ1) is 26.5. The lowest BCUT2D eigenvalue weighted by Gasteiger charge is -2.19. The molecule has 1 N–H and O–H groups in total. The maximum Gasteiger partial charge on any atom is 0.414 e. The summed E-state index contributed by atoms with van der Waals surface area (Å²) in [5.74, 6) is 1.29. The van der Waals surface area contributed by atoms with Crippen molar-refractivity contribution < 1.29 is 23.4 Å². The van der Waals surface area contributed by atoms with Gasteiger partial charge in [-0.15, -0.1) is 0 Å². The van der Waals surface area contributed by atoms with Crippen molar-refractivity contribution in [3.8, 4) is 11.5 Å². The fourth-order valence-corrected chi connectivity index (χ4v) is 3.81. The van der Waals surface area contributed by atoms with Crippen LogP contribution in [0.25, 0.3) is 0 Å². The Morgan fingerprint density at radius 2 is 1.94 bits per heavy atom. The first-order valence-corrected chi connectivity index (χ1v) is 12.2. The number of hydrogen-bond donors (Lipinski definition) is 1. The molecule has 0 aliphatic carbocycles. The summed E-state index contributed by atoms with van der Waals surface area (Å²) in [5.41, 5.74) is 0.207. The van der Waals surface area contributed by atoms with Crippen LogP contribution in [0.15, 0.2) is 18.3 Å². The van der Waals surface area contributed by atoms with E-state index >= 15 is 0 Å². The van der Waals surface area contributed by atoms with Crippen molar-refractivity contribution in [2.75, 3.05) is 57.2 Å². The van der Waals surface area contributed by atoms with Crippen LogP contribution in [0.2, 0.25) is 0 Å². The molecule has 1 fully saturated rings.